The van der Waals surface area contributed by atoms with Crippen molar-refractivity contribution in [1.82, 2.24) is 9.55 Å². The molecule has 0 aliphatic heterocycles. The Morgan fingerprint density at radius 1 is 1.40 bits per heavy atom. The van der Waals surface area contributed by atoms with Gasteiger partial charge in [-0.2, -0.15) is 18.4 Å². The predicted octanol–water partition coefficient (Wildman–Crippen LogP) is 2.46. The van der Waals surface area contributed by atoms with Crippen molar-refractivity contribution in [3.8, 4) is 11.8 Å². The second-order valence-electron chi connectivity index (χ2n) is 3.81. The van der Waals surface area contributed by atoms with Crippen LogP contribution < -0.4 is 0 Å². The minimum atomic E-state index is -4.67. The van der Waals surface area contributed by atoms with Gasteiger partial charge in [0.15, 0.2) is 5.69 Å². The molecule has 0 saturated carbocycles. The molecule has 20 heavy (non-hydrogen) atoms. The molecule has 0 spiro atoms. The molecule has 0 radical (unpaired) electrons. The van der Waals surface area contributed by atoms with E-state index in [2.05, 4.69) is 4.98 Å². The van der Waals surface area contributed by atoms with Crippen LogP contribution in [0.15, 0.2) is 30.7 Å². The van der Waals surface area contributed by atoms with E-state index < -0.39 is 23.3 Å². The molecule has 1 N–H and O–H groups in total. The zero-order chi connectivity index (χ0) is 14.9. The van der Waals surface area contributed by atoms with Crippen molar-refractivity contribution in [1.29, 1.82) is 5.26 Å². The van der Waals surface area contributed by atoms with Gasteiger partial charge in [-0.1, -0.05) is 0 Å². The maximum atomic E-state index is 12.8. The van der Waals surface area contributed by atoms with Crippen LogP contribution >= 0.6 is 0 Å². The summed E-state index contributed by atoms with van der Waals surface area (Å²) in [6, 6.07) is 4.54. The molecule has 0 atom stereocenters. The van der Waals surface area contributed by atoms with E-state index in [1.54, 1.807) is 0 Å². The summed E-state index contributed by atoms with van der Waals surface area (Å²) in [7, 11) is 0. The number of benzene rings is 1. The quantitative estimate of drug-likeness (QED) is 0.917. The Morgan fingerprint density at radius 2 is 2.10 bits per heavy atom. The third kappa shape index (κ3) is 2.47. The summed E-state index contributed by atoms with van der Waals surface area (Å²) in [5.74, 6) is -1.28. The van der Waals surface area contributed by atoms with Gasteiger partial charge in [0, 0.05) is 11.9 Å². The van der Waals surface area contributed by atoms with Gasteiger partial charge < -0.3 is 9.67 Å². The van der Waals surface area contributed by atoms with Crippen LogP contribution in [0.1, 0.15) is 21.6 Å². The van der Waals surface area contributed by atoms with Crippen LogP contribution in [0.2, 0.25) is 0 Å². The number of nitrogens with zero attached hydrogens (tertiary/aromatic N) is 3. The highest BCUT2D eigenvalue weighted by atomic mass is 19.4. The minimum Gasteiger partial charge on any atom is -0.476 e. The van der Waals surface area contributed by atoms with Crippen LogP contribution in [-0.2, 0) is 6.18 Å². The van der Waals surface area contributed by atoms with Gasteiger partial charge in [0.25, 0.3) is 0 Å². The summed E-state index contributed by atoms with van der Waals surface area (Å²) in [5.41, 5.74) is -1.80. The maximum Gasteiger partial charge on any atom is 0.417 e. The third-order valence-electron chi connectivity index (χ3n) is 2.53. The van der Waals surface area contributed by atoms with Crippen molar-refractivity contribution in [2.45, 2.75) is 6.18 Å². The Balaban J connectivity index is 2.53. The Labute approximate surface area is 110 Å². The van der Waals surface area contributed by atoms with E-state index >= 15 is 0 Å². The molecule has 2 rings (SSSR count). The molecular weight excluding hydrogens is 275 g/mol. The van der Waals surface area contributed by atoms with E-state index in [1.165, 1.54) is 12.1 Å². The van der Waals surface area contributed by atoms with Crippen LogP contribution in [0.25, 0.3) is 5.69 Å². The number of aromatic nitrogens is 2. The molecular formula is C12H6F3N3O2. The molecule has 0 aliphatic rings. The molecule has 0 bridgehead atoms. The number of rotatable bonds is 2. The molecule has 0 amide bonds. The summed E-state index contributed by atoms with van der Waals surface area (Å²) in [6.45, 7) is 0. The largest absolute Gasteiger partial charge is 0.476 e. The third-order valence-corrected chi connectivity index (χ3v) is 2.53. The van der Waals surface area contributed by atoms with Crippen LogP contribution in [0.4, 0.5) is 13.2 Å². The van der Waals surface area contributed by atoms with Crippen molar-refractivity contribution < 1.29 is 23.1 Å². The molecule has 0 aliphatic carbocycles. The SMILES string of the molecule is N#Cc1ccc(-n2cnc(C(=O)O)c2)cc1C(F)(F)F. The van der Waals surface area contributed by atoms with Crippen molar-refractivity contribution in [2.24, 2.45) is 0 Å². The highest BCUT2D eigenvalue weighted by Crippen LogP contribution is 2.33. The van der Waals surface area contributed by atoms with E-state index in [9.17, 15) is 18.0 Å². The first kappa shape index (κ1) is 13.6. The van der Waals surface area contributed by atoms with E-state index in [0.29, 0.717) is 0 Å². The van der Waals surface area contributed by atoms with Crippen LogP contribution in [0.3, 0.4) is 0 Å². The Hall–Kier alpha value is -2.82. The highest BCUT2D eigenvalue weighted by Gasteiger charge is 2.34. The summed E-state index contributed by atoms with van der Waals surface area (Å²) in [6.07, 6.45) is -2.49. The van der Waals surface area contributed by atoms with E-state index in [-0.39, 0.29) is 11.4 Å². The van der Waals surface area contributed by atoms with Crippen molar-refractivity contribution in [2.75, 3.05) is 0 Å². The lowest BCUT2D eigenvalue weighted by molar-refractivity contribution is -0.137. The Bertz CT molecular complexity index is 713. The maximum absolute atomic E-state index is 12.8. The van der Waals surface area contributed by atoms with Gasteiger partial charge in [0.2, 0.25) is 0 Å². The number of carbonyl (C=O) groups is 1. The number of carboxylic acid groups (broad SMARTS) is 1. The fraction of sp³-hybridized carbons (Fsp3) is 0.0833. The molecule has 1 aromatic heterocycles. The Morgan fingerprint density at radius 3 is 2.60 bits per heavy atom. The molecule has 0 saturated heterocycles. The monoisotopic (exact) mass is 281 g/mol. The van der Waals surface area contributed by atoms with Crippen LogP contribution in [-0.4, -0.2) is 20.6 Å². The molecule has 1 heterocycles. The normalized spacial score (nSPS) is 11.1. The number of hydrogen-bond donors (Lipinski definition) is 1. The average Bonchev–Trinajstić information content (AvgIpc) is 2.86. The van der Waals surface area contributed by atoms with Gasteiger partial charge in [0.05, 0.1) is 17.2 Å². The fourth-order valence-electron chi connectivity index (χ4n) is 1.60. The lowest BCUT2D eigenvalue weighted by atomic mass is 10.1. The first-order chi connectivity index (χ1) is 9.32. The van der Waals surface area contributed by atoms with E-state index in [0.717, 1.165) is 29.2 Å². The number of halogens is 3. The first-order valence-electron chi connectivity index (χ1n) is 5.22. The molecule has 2 aromatic rings. The zero-order valence-corrected chi connectivity index (χ0v) is 9.72. The molecule has 8 heteroatoms. The molecule has 0 fully saturated rings. The first-order valence-corrected chi connectivity index (χ1v) is 5.22. The highest BCUT2D eigenvalue weighted by molar-refractivity contribution is 5.85. The van der Waals surface area contributed by atoms with Gasteiger partial charge >= 0.3 is 12.1 Å². The summed E-state index contributed by atoms with van der Waals surface area (Å²) >= 11 is 0. The van der Waals surface area contributed by atoms with Crippen molar-refractivity contribution in [3.63, 3.8) is 0 Å². The predicted molar refractivity (Wildman–Crippen MR) is 60.2 cm³/mol. The number of hydrogen-bond acceptors (Lipinski definition) is 3. The standard InChI is InChI=1S/C12H6F3N3O2/c13-12(14,15)9-3-8(2-1-7(9)4-16)18-5-10(11(19)20)17-6-18/h1-3,5-6H,(H,19,20). The number of alkyl halides is 3. The number of aromatic carboxylic acids is 1. The molecule has 1 aromatic carbocycles. The average molecular weight is 281 g/mol. The summed E-state index contributed by atoms with van der Waals surface area (Å²) in [5, 5.41) is 17.4. The van der Waals surface area contributed by atoms with Crippen LogP contribution in [0.5, 0.6) is 0 Å². The summed E-state index contributed by atoms with van der Waals surface area (Å²) < 4.78 is 39.5. The van der Waals surface area contributed by atoms with Gasteiger partial charge in [-0.05, 0) is 18.2 Å². The second kappa shape index (κ2) is 4.70. The lowest BCUT2D eigenvalue weighted by Gasteiger charge is -2.11. The second-order valence-corrected chi connectivity index (χ2v) is 3.81. The number of imidazole rings is 1. The lowest BCUT2D eigenvalue weighted by Crippen LogP contribution is -2.09. The molecule has 5 nitrogen and oxygen atoms in total. The van der Waals surface area contributed by atoms with Crippen molar-refractivity contribution in [3.05, 3.63) is 47.5 Å². The van der Waals surface area contributed by atoms with Gasteiger partial charge in [0.1, 0.15) is 6.33 Å². The fourth-order valence-corrected chi connectivity index (χ4v) is 1.60. The van der Waals surface area contributed by atoms with Gasteiger partial charge in [-0.25, -0.2) is 9.78 Å². The molecule has 0 unspecified atom stereocenters. The zero-order valence-electron chi connectivity index (χ0n) is 9.72. The van der Waals surface area contributed by atoms with E-state index in [1.807, 2.05) is 0 Å². The number of nitriles is 1. The Kier molecular flexibility index (Phi) is 3.19. The van der Waals surface area contributed by atoms with Crippen LogP contribution in [0, 0.1) is 11.3 Å². The summed E-state index contributed by atoms with van der Waals surface area (Å²) in [4.78, 5) is 14.2. The van der Waals surface area contributed by atoms with Gasteiger partial charge in [-0.3, -0.25) is 0 Å². The topological polar surface area (TPSA) is 78.9 Å². The van der Waals surface area contributed by atoms with Gasteiger partial charge in [-0.15, -0.1) is 0 Å². The smallest absolute Gasteiger partial charge is 0.417 e. The van der Waals surface area contributed by atoms with Crippen molar-refractivity contribution >= 4 is 5.97 Å². The number of carboxylic acids is 1. The minimum absolute atomic E-state index is 0.0660. The molecule has 102 valence electrons. The van der Waals surface area contributed by atoms with E-state index in [4.69, 9.17) is 10.4 Å².